The maximum absolute atomic E-state index is 8.97. The van der Waals surface area contributed by atoms with E-state index in [2.05, 4.69) is 19.2 Å². The van der Waals surface area contributed by atoms with E-state index in [0.29, 0.717) is 5.75 Å². The first-order chi connectivity index (χ1) is 6.18. The number of rotatable bonds is 1. The van der Waals surface area contributed by atoms with Crippen molar-refractivity contribution in [3.63, 3.8) is 0 Å². The molecule has 0 saturated carbocycles. The van der Waals surface area contributed by atoms with Crippen LogP contribution in [0.1, 0.15) is 19.4 Å². The Morgan fingerprint density at radius 2 is 1.64 bits per heavy atom. The van der Waals surface area contributed by atoms with Crippen molar-refractivity contribution in [2.45, 2.75) is 13.8 Å². The fourth-order valence-corrected chi connectivity index (χ4v) is 0.904. The second-order valence-corrected chi connectivity index (χ2v) is 2.81. The van der Waals surface area contributed by atoms with E-state index in [1.165, 1.54) is 5.57 Å². The fraction of sp³-hybridized carbons (Fsp3) is 0.167. The van der Waals surface area contributed by atoms with E-state index >= 15 is 0 Å². The molecule has 1 radical (unpaired) electrons. The minimum Gasteiger partial charge on any atom is -0.521 e. The third-order valence-electron chi connectivity index (χ3n) is 1.35. The monoisotopic (exact) mass is 264 g/mol. The number of phenolic OH excluding ortho intramolecular Hbond substituents is 1. The van der Waals surface area contributed by atoms with E-state index in [-0.39, 0.29) is 32.7 Å². The molecule has 0 aliphatic heterocycles. The standard InChI is InChI=1S/C10H12O.C2H3.Y/c1-8(2)7-9-3-5-10(11)6-4-9;1-2;/h3-7,11H,1-2H3;1H,2H2;/q;-1;. The summed E-state index contributed by atoms with van der Waals surface area (Å²) < 4.78 is 0. The quantitative estimate of drug-likeness (QED) is 0.770. The Morgan fingerprint density at radius 3 is 2.00 bits per heavy atom. The van der Waals surface area contributed by atoms with Gasteiger partial charge in [-0.2, -0.15) is 0 Å². The van der Waals surface area contributed by atoms with Gasteiger partial charge in [-0.05, 0) is 31.5 Å². The molecule has 0 spiro atoms. The van der Waals surface area contributed by atoms with Gasteiger partial charge in [0.05, 0.1) is 0 Å². The minimum absolute atomic E-state index is 0. The van der Waals surface area contributed by atoms with Gasteiger partial charge in [0.25, 0.3) is 0 Å². The summed E-state index contributed by atoms with van der Waals surface area (Å²) in [6.07, 6.45) is 2.07. The van der Waals surface area contributed by atoms with Crippen LogP contribution in [-0.4, -0.2) is 5.11 Å². The van der Waals surface area contributed by atoms with Crippen molar-refractivity contribution in [1.29, 1.82) is 0 Å². The zero-order chi connectivity index (χ0) is 10.3. The molecular weight excluding hydrogens is 249 g/mol. The average molecular weight is 264 g/mol. The first-order valence-electron chi connectivity index (χ1n) is 4.03. The fourth-order valence-electron chi connectivity index (χ4n) is 0.904. The number of aromatic hydroxyl groups is 1. The third-order valence-corrected chi connectivity index (χ3v) is 1.35. The molecule has 0 aliphatic carbocycles. The van der Waals surface area contributed by atoms with Gasteiger partial charge in [0, 0.05) is 32.7 Å². The van der Waals surface area contributed by atoms with Crippen LogP contribution >= 0.6 is 0 Å². The van der Waals surface area contributed by atoms with Crippen molar-refractivity contribution in [3.05, 3.63) is 48.6 Å². The predicted octanol–water partition coefficient (Wildman–Crippen LogP) is 3.42. The number of hydrogen-bond acceptors (Lipinski definition) is 1. The molecule has 0 amide bonds. The van der Waals surface area contributed by atoms with E-state index in [1.54, 1.807) is 12.1 Å². The second-order valence-electron chi connectivity index (χ2n) is 2.81. The molecule has 1 N–H and O–H groups in total. The largest absolute Gasteiger partial charge is 0.521 e. The van der Waals surface area contributed by atoms with Gasteiger partial charge in [0.15, 0.2) is 0 Å². The Hall–Kier alpha value is -0.396. The summed E-state index contributed by atoms with van der Waals surface area (Å²) in [5, 5.41) is 8.97. The van der Waals surface area contributed by atoms with Gasteiger partial charge in [-0.25, -0.2) is 0 Å². The molecule has 1 nitrogen and oxygen atoms in total. The van der Waals surface area contributed by atoms with Gasteiger partial charge >= 0.3 is 0 Å². The Bertz CT molecular complexity index is 271. The SMILES string of the molecule is CC(C)=Cc1ccc(O)cc1.[CH-]=C.[Y]. The summed E-state index contributed by atoms with van der Waals surface area (Å²) in [5.74, 6) is 0.316. The van der Waals surface area contributed by atoms with Crippen molar-refractivity contribution < 1.29 is 37.8 Å². The van der Waals surface area contributed by atoms with Gasteiger partial charge in [-0.1, -0.05) is 23.8 Å². The van der Waals surface area contributed by atoms with Crippen LogP contribution in [0.4, 0.5) is 0 Å². The smallest absolute Gasteiger partial charge is 0.115 e. The zero-order valence-electron chi connectivity index (χ0n) is 8.70. The molecule has 0 aliphatic rings. The van der Waals surface area contributed by atoms with Crippen LogP contribution in [0, 0.1) is 6.58 Å². The van der Waals surface area contributed by atoms with Gasteiger partial charge in [-0.15, -0.1) is 0 Å². The van der Waals surface area contributed by atoms with Crippen molar-refractivity contribution in [2.75, 3.05) is 0 Å². The Labute approximate surface area is 111 Å². The Balaban J connectivity index is 0. The van der Waals surface area contributed by atoms with Crippen LogP contribution < -0.4 is 0 Å². The average Bonchev–Trinajstić information content (AvgIpc) is 2.12. The molecule has 0 bridgehead atoms. The molecule has 0 atom stereocenters. The van der Waals surface area contributed by atoms with E-state index in [9.17, 15) is 0 Å². The van der Waals surface area contributed by atoms with Crippen LogP contribution in [0.5, 0.6) is 5.75 Å². The zero-order valence-corrected chi connectivity index (χ0v) is 11.5. The van der Waals surface area contributed by atoms with Gasteiger partial charge in [-0.3, -0.25) is 6.58 Å². The van der Waals surface area contributed by atoms with E-state index < -0.39 is 0 Å². The van der Waals surface area contributed by atoms with Crippen molar-refractivity contribution in [2.24, 2.45) is 0 Å². The third kappa shape index (κ3) is 7.05. The normalized spacial score (nSPS) is 7.57. The first-order valence-corrected chi connectivity index (χ1v) is 4.03. The van der Waals surface area contributed by atoms with Crippen LogP contribution in [-0.2, 0) is 32.7 Å². The summed E-state index contributed by atoms with van der Waals surface area (Å²) >= 11 is 0. The molecule has 0 heterocycles. The molecular formula is C12H15OY-. The summed E-state index contributed by atoms with van der Waals surface area (Å²) in [6, 6.07) is 7.16. The molecule has 1 rings (SSSR count). The number of allylic oxidation sites excluding steroid dienone is 1. The number of benzene rings is 1. The number of hydrogen-bond donors (Lipinski definition) is 1. The van der Waals surface area contributed by atoms with E-state index in [4.69, 9.17) is 5.11 Å². The first kappa shape index (κ1) is 16.0. The van der Waals surface area contributed by atoms with Crippen molar-refractivity contribution >= 4 is 6.08 Å². The van der Waals surface area contributed by atoms with Crippen LogP contribution in [0.2, 0.25) is 0 Å². The van der Waals surface area contributed by atoms with Gasteiger partial charge in [0.2, 0.25) is 0 Å². The molecule has 0 fully saturated rings. The molecule has 1 aromatic carbocycles. The Morgan fingerprint density at radius 1 is 1.21 bits per heavy atom. The maximum atomic E-state index is 8.97. The molecule has 0 unspecified atom stereocenters. The summed E-state index contributed by atoms with van der Waals surface area (Å²) in [6.45, 7) is 11.1. The van der Waals surface area contributed by atoms with Crippen LogP contribution in [0.25, 0.3) is 6.08 Å². The molecule has 1 aromatic rings. The van der Waals surface area contributed by atoms with Gasteiger partial charge in [0.1, 0.15) is 5.75 Å². The Kier molecular flexibility index (Phi) is 10.5. The molecule has 0 aromatic heterocycles. The molecule has 2 heteroatoms. The topological polar surface area (TPSA) is 20.2 Å². The summed E-state index contributed by atoms with van der Waals surface area (Å²) in [5.41, 5.74) is 2.39. The van der Waals surface area contributed by atoms with Gasteiger partial charge < -0.3 is 11.7 Å². The summed E-state index contributed by atoms with van der Waals surface area (Å²) in [7, 11) is 0. The van der Waals surface area contributed by atoms with Crippen molar-refractivity contribution in [1.82, 2.24) is 0 Å². The summed E-state index contributed by atoms with van der Waals surface area (Å²) in [4.78, 5) is 0. The predicted molar refractivity (Wildman–Crippen MR) is 57.4 cm³/mol. The minimum atomic E-state index is 0. The maximum Gasteiger partial charge on any atom is 0.115 e. The molecule has 0 saturated heterocycles. The van der Waals surface area contributed by atoms with Crippen LogP contribution in [0.3, 0.4) is 0 Å². The van der Waals surface area contributed by atoms with Crippen LogP contribution in [0.15, 0.2) is 36.4 Å². The molecule has 14 heavy (non-hydrogen) atoms. The van der Waals surface area contributed by atoms with Crippen molar-refractivity contribution in [3.8, 4) is 5.75 Å². The second kappa shape index (κ2) is 9.17. The molecule has 73 valence electrons. The van der Waals surface area contributed by atoms with E-state index in [1.807, 2.05) is 26.0 Å². The number of phenols is 1. The van der Waals surface area contributed by atoms with E-state index in [0.717, 1.165) is 5.56 Å².